The Hall–Kier alpha value is -3.11. The van der Waals surface area contributed by atoms with Crippen molar-refractivity contribution in [3.8, 4) is 0 Å². The first-order valence-corrected chi connectivity index (χ1v) is 8.84. The highest BCUT2D eigenvalue weighted by atomic mass is 19.3. The topological polar surface area (TPSA) is 77.9 Å². The molecule has 7 nitrogen and oxygen atoms in total. The lowest BCUT2D eigenvalue weighted by Crippen LogP contribution is -2.25. The van der Waals surface area contributed by atoms with Crippen molar-refractivity contribution in [2.24, 2.45) is 0 Å². The molecule has 3 rings (SSSR count). The van der Waals surface area contributed by atoms with E-state index in [0.717, 1.165) is 10.4 Å². The van der Waals surface area contributed by atoms with Gasteiger partial charge < -0.3 is 9.73 Å². The Kier molecular flexibility index (Phi) is 6.35. The first-order valence-electron chi connectivity index (χ1n) is 8.84. The van der Waals surface area contributed by atoms with Crippen LogP contribution in [-0.4, -0.2) is 32.0 Å². The molecule has 156 valence electrons. The van der Waals surface area contributed by atoms with E-state index < -0.39 is 30.1 Å². The first kappa shape index (κ1) is 20.6. The second kappa shape index (κ2) is 8.93. The monoisotopic (exact) mass is 413 g/mol. The molecule has 0 fully saturated rings. The van der Waals surface area contributed by atoms with Crippen LogP contribution in [0.3, 0.4) is 0 Å². The zero-order valence-electron chi connectivity index (χ0n) is 15.5. The fourth-order valence-electron chi connectivity index (χ4n) is 2.74. The molecule has 1 amide bonds. The number of furan rings is 1. The van der Waals surface area contributed by atoms with Gasteiger partial charge in [-0.25, -0.2) is 17.6 Å². The molecule has 0 aliphatic carbocycles. The molecule has 0 aromatic carbocycles. The lowest BCUT2D eigenvalue weighted by molar-refractivity contribution is 0.0922. The van der Waals surface area contributed by atoms with Crippen LogP contribution in [-0.2, 0) is 13.1 Å². The van der Waals surface area contributed by atoms with Crippen LogP contribution in [0.1, 0.15) is 52.7 Å². The quantitative estimate of drug-likeness (QED) is 0.428. The third-order valence-corrected chi connectivity index (χ3v) is 4.23. The molecule has 11 heteroatoms. The Bertz CT molecular complexity index is 963. The summed E-state index contributed by atoms with van der Waals surface area (Å²) in [6.07, 6.45) is -3.58. The van der Waals surface area contributed by atoms with Crippen LogP contribution in [0.25, 0.3) is 0 Å². The van der Waals surface area contributed by atoms with E-state index >= 15 is 0 Å². The van der Waals surface area contributed by atoms with Crippen LogP contribution >= 0.6 is 0 Å². The highest BCUT2D eigenvalue weighted by Gasteiger charge is 2.22. The molecular formula is C18H19F4N5O2. The number of nitrogens with one attached hydrogen (secondary N) is 1. The zero-order chi connectivity index (χ0) is 21.0. The van der Waals surface area contributed by atoms with Crippen LogP contribution in [0.5, 0.6) is 0 Å². The van der Waals surface area contributed by atoms with E-state index in [2.05, 4.69) is 15.5 Å². The molecule has 0 saturated heterocycles. The molecule has 0 aliphatic rings. The lowest BCUT2D eigenvalue weighted by Gasteiger charge is -2.06. The van der Waals surface area contributed by atoms with Gasteiger partial charge in [0.1, 0.15) is 17.1 Å². The van der Waals surface area contributed by atoms with E-state index in [1.54, 1.807) is 6.20 Å². The van der Waals surface area contributed by atoms with Crippen molar-refractivity contribution in [3.63, 3.8) is 0 Å². The minimum absolute atomic E-state index is 0.00453. The predicted molar refractivity (Wildman–Crippen MR) is 93.9 cm³/mol. The summed E-state index contributed by atoms with van der Waals surface area (Å²) in [5, 5.41) is 10.3. The Labute approximate surface area is 163 Å². The van der Waals surface area contributed by atoms with Gasteiger partial charge in [0.2, 0.25) is 0 Å². The van der Waals surface area contributed by atoms with Crippen molar-refractivity contribution in [2.75, 3.05) is 6.54 Å². The summed E-state index contributed by atoms with van der Waals surface area (Å²) in [6, 6.07) is 5.35. The van der Waals surface area contributed by atoms with Crippen LogP contribution in [0.15, 0.2) is 34.9 Å². The second-order valence-corrected chi connectivity index (χ2v) is 6.32. The molecule has 3 aromatic rings. The van der Waals surface area contributed by atoms with Gasteiger partial charge in [0.25, 0.3) is 18.8 Å². The van der Waals surface area contributed by atoms with Crippen LogP contribution in [0, 0.1) is 6.92 Å². The van der Waals surface area contributed by atoms with E-state index in [-0.39, 0.29) is 18.1 Å². The van der Waals surface area contributed by atoms with Gasteiger partial charge in [-0.1, -0.05) is 0 Å². The summed E-state index contributed by atoms with van der Waals surface area (Å²) < 4.78 is 59.4. The van der Waals surface area contributed by atoms with Gasteiger partial charge >= 0.3 is 0 Å². The maximum absolute atomic E-state index is 13.0. The molecule has 29 heavy (non-hydrogen) atoms. The van der Waals surface area contributed by atoms with E-state index in [1.165, 1.54) is 12.1 Å². The molecule has 0 bridgehead atoms. The van der Waals surface area contributed by atoms with Crippen molar-refractivity contribution in [3.05, 3.63) is 59.1 Å². The van der Waals surface area contributed by atoms with Crippen molar-refractivity contribution in [1.82, 2.24) is 24.9 Å². The number of amides is 1. The number of rotatable bonds is 9. The summed E-state index contributed by atoms with van der Waals surface area (Å²) in [5.41, 5.74) is -0.363. The van der Waals surface area contributed by atoms with Gasteiger partial charge in [0, 0.05) is 25.0 Å². The van der Waals surface area contributed by atoms with Gasteiger partial charge in [0.15, 0.2) is 5.76 Å². The highest BCUT2D eigenvalue weighted by molar-refractivity contribution is 5.91. The largest absolute Gasteiger partial charge is 0.454 e. The summed E-state index contributed by atoms with van der Waals surface area (Å²) in [6.45, 7) is 2.67. The number of carbonyl (C=O) groups is 1. The minimum atomic E-state index is -2.97. The first-order chi connectivity index (χ1) is 13.8. The van der Waals surface area contributed by atoms with Crippen molar-refractivity contribution in [1.29, 1.82) is 0 Å². The van der Waals surface area contributed by atoms with Gasteiger partial charge in [-0.2, -0.15) is 10.2 Å². The van der Waals surface area contributed by atoms with Crippen molar-refractivity contribution in [2.45, 2.75) is 39.3 Å². The average molecular weight is 413 g/mol. The summed E-state index contributed by atoms with van der Waals surface area (Å²) in [7, 11) is 0. The number of hydrogen-bond donors (Lipinski definition) is 1. The number of carbonyl (C=O) groups excluding carboxylic acids is 1. The minimum Gasteiger partial charge on any atom is -0.454 e. The van der Waals surface area contributed by atoms with Crippen LogP contribution in [0.4, 0.5) is 17.6 Å². The SMILES string of the molecule is Cc1ccnn1CCCNC(=O)c1ccc(Cn2nc(C(F)F)cc2C(F)F)o1. The molecule has 0 unspecified atom stereocenters. The summed E-state index contributed by atoms with van der Waals surface area (Å²) in [4.78, 5) is 12.1. The standard InChI is InChI=1S/C18H19F4N5O2/c1-11-5-7-24-26(11)8-2-6-23-18(28)15-4-3-12(29-15)10-27-14(17(21)22)9-13(25-27)16(19)20/h3-5,7,9,16-17H,2,6,8,10H2,1H3,(H,23,28). The molecule has 1 N–H and O–H groups in total. The third-order valence-electron chi connectivity index (χ3n) is 4.23. The molecule has 0 aliphatic heterocycles. The summed E-state index contributed by atoms with van der Waals surface area (Å²) in [5.74, 6) is -0.320. The smallest absolute Gasteiger partial charge is 0.286 e. The Morgan fingerprint density at radius 2 is 1.97 bits per heavy atom. The second-order valence-electron chi connectivity index (χ2n) is 6.32. The molecule has 0 spiro atoms. The number of nitrogens with zero attached hydrogens (tertiary/aromatic N) is 4. The fourth-order valence-corrected chi connectivity index (χ4v) is 2.74. The van der Waals surface area contributed by atoms with Crippen molar-refractivity contribution >= 4 is 5.91 Å². The normalized spacial score (nSPS) is 11.6. The number of hydrogen-bond acceptors (Lipinski definition) is 4. The van der Waals surface area contributed by atoms with Crippen LogP contribution < -0.4 is 5.32 Å². The number of aromatic nitrogens is 4. The fraction of sp³-hybridized carbons (Fsp3) is 0.389. The molecule has 0 saturated carbocycles. The van der Waals surface area contributed by atoms with E-state index in [9.17, 15) is 22.4 Å². The maximum Gasteiger partial charge on any atom is 0.286 e. The Morgan fingerprint density at radius 1 is 1.17 bits per heavy atom. The average Bonchev–Trinajstić information content (AvgIpc) is 3.39. The lowest BCUT2D eigenvalue weighted by atomic mass is 10.3. The number of alkyl halides is 4. The van der Waals surface area contributed by atoms with Gasteiger partial charge in [0.05, 0.1) is 6.54 Å². The van der Waals surface area contributed by atoms with Gasteiger partial charge in [-0.3, -0.25) is 14.2 Å². The summed E-state index contributed by atoms with van der Waals surface area (Å²) >= 11 is 0. The predicted octanol–water partition coefficient (Wildman–Crippen LogP) is 3.72. The van der Waals surface area contributed by atoms with Crippen LogP contribution in [0.2, 0.25) is 0 Å². The Balaban J connectivity index is 1.56. The zero-order valence-corrected chi connectivity index (χ0v) is 15.5. The Morgan fingerprint density at radius 3 is 2.62 bits per heavy atom. The van der Waals surface area contributed by atoms with Crippen molar-refractivity contribution < 1.29 is 26.8 Å². The molecule has 0 atom stereocenters. The third kappa shape index (κ3) is 5.04. The molecular weight excluding hydrogens is 394 g/mol. The number of aryl methyl sites for hydroxylation is 2. The molecule has 3 heterocycles. The highest BCUT2D eigenvalue weighted by Crippen LogP contribution is 2.26. The van der Waals surface area contributed by atoms with E-state index in [4.69, 9.17) is 4.42 Å². The van der Waals surface area contributed by atoms with E-state index in [1.807, 2.05) is 17.7 Å². The van der Waals surface area contributed by atoms with Gasteiger partial charge in [-0.15, -0.1) is 0 Å². The molecule has 0 radical (unpaired) electrons. The van der Waals surface area contributed by atoms with Gasteiger partial charge in [-0.05, 0) is 37.6 Å². The maximum atomic E-state index is 13.0. The number of halogens is 4. The molecule has 3 aromatic heterocycles. The van der Waals surface area contributed by atoms with E-state index in [0.29, 0.717) is 25.6 Å².